The molecule has 0 radical (unpaired) electrons. The Morgan fingerprint density at radius 1 is 0.903 bits per heavy atom. The van der Waals surface area contributed by atoms with Crippen molar-refractivity contribution in [3.8, 4) is 22.8 Å². The van der Waals surface area contributed by atoms with Crippen LogP contribution < -0.4 is 4.74 Å². The molecule has 0 unspecified atom stereocenters. The van der Waals surface area contributed by atoms with Crippen molar-refractivity contribution in [1.29, 1.82) is 0 Å². The maximum atomic E-state index is 13.2. The molecule has 0 saturated carbocycles. The van der Waals surface area contributed by atoms with Crippen molar-refractivity contribution < 1.29 is 31.1 Å². The highest BCUT2D eigenvalue weighted by Crippen LogP contribution is 2.39. The van der Waals surface area contributed by atoms with Gasteiger partial charge in [-0.05, 0) is 31.2 Å². The summed E-state index contributed by atoms with van der Waals surface area (Å²) in [5.74, 6) is -2.04. The van der Waals surface area contributed by atoms with Gasteiger partial charge in [0, 0.05) is 29.1 Å². The summed E-state index contributed by atoms with van der Waals surface area (Å²) in [6, 6.07) is 3.96. The Kier molecular flexibility index (Phi) is 4.75. The third kappa shape index (κ3) is 3.98. The Labute approximate surface area is 169 Å². The zero-order valence-corrected chi connectivity index (χ0v) is 15.4. The van der Waals surface area contributed by atoms with E-state index in [1.54, 1.807) is 0 Å². The lowest BCUT2D eigenvalue weighted by Crippen LogP contribution is -2.13. The molecule has 0 spiro atoms. The highest BCUT2D eigenvalue weighted by atomic mass is 19.4. The Morgan fingerprint density at radius 3 is 2.26 bits per heavy atom. The molecule has 13 heteroatoms. The molecule has 3 aromatic heterocycles. The van der Waals surface area contributed by atoms with Gasteiger partial charge in [-0.1, -0.05) is 0 Å². The van der Waals surface area contributed by atoms with E-state index in [1.807, 2.05) is 0 Å². The SMILES string of the molecule is Cc1cc2nnc(C(F)(F)F)n2nc1Oc1cc(C(F)(F)F)ccc1-c1cncnc1. The van der Waals surface area contributed by atoms with Crippen LogP contribution in [0.15, 0.2) is 43.0 Å². The molecule has 0 bridgehead atoms. The summed E-state index contributed by atoms with van der Waals surface area (Å²) in [5, 5.41) is 10.2. The lowest BCUT2D eigenvalue weighted by atomic mass is 10.0. The molecule has 0 N–H and O–H groups in total. The van der Waals surface area contributed by atoms with E-state index in [9.17, 15) is 26.3 Å². The summed E-state index contributed by atoms with van der Waals surface area (Å²) in [5.41, 5.74) is -0.443. The van der Waals surface area contributed by atoms with E-state index >= 15 is 0 Å². The first-order chi connectivity index (χ1) is 14.5. The summed E-state index contributed by atoms with van der Waals surface area (Å²) in [4.78, 5) is 7.64. The Bertz CT molecular complexity index is 1250. The third-order valence-corrected chi connectivity index (χ3v) is 4.18. The monoisotopic (exact) mass is 440 g/mol. The molecule has 31 heavy (non-hydrogen) atoms. The molecule has 1 aromatic carbocycles. The predicted octanol–water partition coefficient (Wildman–Crippen LogP) is 4.72. The van der Waals surface area contributed by atoms with Crippen molar-refractivity contribution in [3.63, 3.8) is 0 Å². The Hall–Kier alpha value is -3.77. The lowest BCUT2D eigenvalue weighted by Gasteiger charge is -2.15. The summed E-state index contributed by atoms with van der Waals surface area (Å²) >= 11 is 0. The molecular formula is C18H10F6N6O. The summed E-state index contributed by atoms with van der Waals surface area (Å²) in [6.07, 6.45) is -5.57. The van der Waals surface area contributed by atoms with Crippen LogP contribution in [-0.4, -0.2) is 29.8 Å². The number of alkyl halides is 6. The molecule has 0 fully saturated rings. The largest absolute Gasteiger partial charge is 0.453 e. The van der Waals surface area contributed by atoms with Crippen molar-refractivity contribution in [3.05, 3.63) is 59.9 Å². The molecular weight excluding hydrogens is 430 g/mol. The average Bonchev–Trinajstić information content (AvgIpc) is 3.11. The highest BCUT2D eigenvalue weighted by molar-refractivity contribution is 5.70. The van der Waals surface area contributed by atoms with Crippen molar-refractivity contribution in [1.82, 2.24) is 29.8 Å². The number of aryl methyl sites for hydroxylation is 1. The standard InChI is InChI=1S/C18H10F6N6O/c1-9-4-14-27-28-16(18(22,23)24)30(14)29-15(9)31-13-5-11(17(19,20)21)2-3-12(13)10-6-25-8-26-7-10/h2-8H,1H3. The first kappa shape index (κ1) is 20.5. The molecule has 3 heterocycles. The van der Waals surface area contributed by atoms with E-state index in [4.69, 9.17) is 4.74 Å². The lowest BCUT2D eigenvalue weighted by molar-refractivity contribution is -0.146. The molecule has 0 aliphatic rings. The quantitative estimate of drug-likeness (QED) is 0.429. The maximum Gasteiger partial charge on any atom is 0.453 e. The normalized spacial score (nSPS) is 12.4. The van der Waals surface area contributed by atoms with E-state index in [-0.39, 0.29) is 28.4 Å². The van der Waals surface area contributed by atoms with Crippen LogP contribution in [0.3, 0.4) is 0 Å². The second kappa shape index (κ2) is 7.18. The van der Waals surface area contributed by atoms with Gasteiger partial charge in [-0.2, -0.15) is 30.9 Å². The molecule has 0 amide bonds. The van der Waals surface area contributed by atoms with Gasteiger partial charge in [0.1, 0.15) is 12.1 Å². The molecule has 4 rings (SSSR count). The zero-order chi connectivity index (χ0) is 22.4. The number of aromatic nitrogens is 6. The van der Waals surface area contributed by atoms with Crippen LogP contribution in [0.4, 0.5) is 26.3 Å². The second-order valence-corrected chi connectivity index (χ2v) is 6.36. The minimum atomic E-state index is -4.85. The number of hydrogen-bond donors (Lipinski definition) is 0. The van der Waals surface area contributed by atoms with E-state index in [0.29, 0.717) is 10.1 Å². The summed E-state index contributed by atoms with van der Waals surface area (Å²) in [6.45, 7) is 1.46. The fourth-order valence-electron chi connectivity index (χ4n) is 2.75. The van der Waals surface area contributed by atoms with Gasteiger partial charge < -0.3 is 4.74 Å². The van der Waals surface area contributed by atoms with E-state index < -0.39 is 23.7 Å². The Balaban J connectivity index is 1.86. The number of fused-ring (bicyclic) bond motifs is 1. The Morgan fingerprint density at radius 2 is 1.61 bits per heavy atom. The van der Waals surface area contributed by atoms with Crippen LogP contribution in [0, 0.1) is 6.92 Å². The number of benzene rings is 1. The predicted molar refractivity (Wildman–Crippen MR) is 93.1 cm³/mol. The number of halogens is 6. The first-order valence-corrected chi connectivity index (χ1v) is 8.49. The van der Waals surface area contributed by atoms with E-state index in [0.717, 1.165) is 18.2 Å². The molecule has 4 aromatic rings. The van der Waals surface area contributed by atoms with Crippen molar-refractivity contribution in [2.24, 2.45) is 0 Å². The van der Waals surface area contributed by atoms with Gasteiger partial charge in [-0.3, -0.25) is 0 Å². The van der Waals surface area contributed by atoms with Gasteiger partial charge in [0.25, 0.3) is 5.82 Å². The second-order valence-electron chi connectivity index (χ2n) is 6.36. The highest BCUT2D eigenvalue weighted by Gasteiger charge is 2.38. The van der Waals surface area contributed by atoms with Crippen molar-refractivity contribution in [2.45, 2.75) is 19.3 Å². The third-order valence-electron chi connectivity index (χ3n) is 4.18. The minimum absolute atomic E-state index is 0.190. The van der Waals surface area contributed by atoms with Crippen LogP contribution >= 0.6 is 0 Å². The fraction of sp³-hybridized carbons (Fsp3) is 0.167. The summed E-state index contributed by atoms with van der Waals surface area (Å²) in [7, 11) is 0. The molecule has 0 saturated heterocycles. The smallest absolute Gasteiger partial charge is 0.437 e. The van der Waals surface area contributed by atoms with Crippen LogP contribution in [0.25, 0.3) is 16.8 Å². The molecule has 7 nitrogen and oxygen atoms in total. The number of ether oxygens (including phenoxy) is 1. The number of hydrogen-bond acceptors (Lipinski definition) is 6. The van der Waals surface area contributed by atoms with Crippen LogP contribution in [-0.2, 0) is 12.4 Å². The van der Waals surface area contributed by atoms with Gasteiger partial charge in [-0.15, -0.1) is 15.3 Å². The van der Waals surface area contributed by atoms with Crippen molar-refractivity contribution >= 4 is 5.65 Å². The van der Waals surface area contributed by atoms with Gasteiger partial charge in [-0.25, -0.2) is 9.97 Å². The van der Waals surface area contributed by atoms with Crippen molar-refractivity contribution in [2.75, 3.05) is 0 Å². The molecule has 0 aliphatic heterocycles. The molecule has 0 atom stereocenters. The average molecular weight is 440 g/mol. The van der Waals surface area contributed by atoms with Crippen LogP contribution in [0.1, 0.15) is 17.0 Å². The molecule has 0 aliphatic carbocycles. The van der Waals surface area contributed by atoms with Crippen LogP contribution in [0.2, 0.25) is 0 Å². The topological polar surface area (TPSA) is 78.1 Å². The van der Waals surface area contributed by atoms with Gasteiger partial charge >= 0.3 is 12.4 Å². The molecule has 160 valence electrons. The number of nitrogens with zero attached hydrogens (tertiary/aromatic N) is 6. The summed E-state index contributed by atoms with van der Waals surface area (Å²) < 4.78 is 85.1. The fourth-order valence-corrected chi connectivity index (χ4v) is 2.75. The number of rotatable bonds is 3. The zero-order valence-electron chi connectivity index (χ0n) is 15.4. The minimum Gasteiger partial charge on any atom is -0.437 e. The van der Waals surface area contributed by atoms with Gasteiger partial charge in [0.2, 0.25) is 5.88 Å². The van der Waals surface area contributed by atoms with E-state index in [1.165, 1.54) is 31.7 Å². The van der Waals surface area contributed by atoms with E-state index in [2.05, 4.69) is 25.3 Å². The van der Waals surface area contributed by atoms with Gasteiger partial charge in [0.05, 0.1) is 5.56 Å². The first-order valence-electron chi connectivity index (χ1n) is 8.49. The van der Waals surface area contributed by atoms with Gasteiger partial charge in [0.15, 0.2) is 5.65 Å². The van der Waals surface area contributed by atoms with Crippen LogP contribution in [0.5, 0.6) is 11.6 Å². The maximum absolute atomic E-state index is 13.2.